The van der Waals surface area contributed by atoms with E-state index >= 15 is 0 Å². The number of hydrogen-bond donors (Lipinski definition) is 1. The highest BCUT2D eigenvalue weighted by atomic mass is 16.2. The van der Waals surface area contributed by atoms with Crippen LogP contribution in [-0.4, -0.2) is 54.7 Å². The van der Waals surface area contributed by atoms with Crippen LogP contribution < -0.4 is 10.2 Å². The summed E-state index contributed by atoms with van der Waals surface area (Å²) in [6, 6.07) is 4.20. The SMILES string of the molecule is CCNC(=O)CN1CCCC1c1ccc(N(C)C)nn1. The highest BCUT2D eigenvalue weighted by molar-refractivity contribution is 5.78. The van der Waals surface area contributed by atoms with Gasteiger partial charge in [-0.15, -0.1) is 5.10 Å². The Bertz CT molecular complexity index is 445. The molecule has 1 amide bonds. The van der Waals surface area contributed by atoms with E-state index in [9.17, 15) is 4.79 Å². The topological polar surface area (TPSA) is 61.4 Å². The Hall–Kier alpha value is -1.69. The number of anilines is 1. The molecule has 0 spiro atoms. The molecule has 0 aliphatic carbocycles. The Morgan fingerprint density at radius 3 is 2.85 bits per heavy atom. The number of nitrogens with zero attached hydrogens (tertiary/aromatic N) is 4. The van der Waals surface area contributed by atoms with Gasteiger partial charge in [0.05, 0.1) is 18.3 Å². The standard InChI is InChI=1S/C14H23N5O/c1-4-15-14(20)10-19-9-5-6-12(19)11-7-8-13(17-16-11)18(2)3/h7-8,12H,4-6,9-10H2,1-3H3,(H,15,20). The molecule has 110 valence electrons. The normalized spacial score (nSPS) is 19.1. The Labute approximate surface area is 120 Å². The Morgan fingerprint density at radius 1 is 1.45 bits per heavy atom. The third-order valence-corrected chi connectivity index (χ3v) is 3.56. The van der Waals surface area contributed by atoms with Crippen LogP contribution in [0.2, 0.25) is 0 Å². The van der Waals surface area contributed by atoms with E-state index in [-0.39, 0.29) is 11.9 Å². The lowest BCUT2D eigenvalue weighted by Gasteiger charge is -2.23. The molecular weight excluding hydrogens is 254 g/mol. The summed E-state index contributed by atoms with van der Waals surface area (Å²) < 4.78 is 0. The summed E-state index contributed by atoms with van der Waals surface area (Å²) in [6.45, 7) is 3.99. The molecule has 0 saturated carbocycles. The van der Waals surface area contributed by atoms with E-state index in [0.717, 1.165) is 30.9 Å². The molecule has 1 fully saturated rings. The van der Waals surface area contributed by atoms with E-state index in [1.165, 1.54) is 0 Å². The van der Waals surface area contributed by atoms with Crippen LogP contribution in [0.4, 0.5) is 5.82 Å². The van der Waals surface area contributed by atoms with Gasteiger partial charge in [-0.2, -0.15) is 5.10 Å². The van der Waals surface area contributed by atoms with E-state index in [1.54, 1.807) is 0 Å². The van der Waals surface area contributed by atoms with Crippen molar-refractivity contribution < 1.29 is 4.79 Å². The van der Waals surface area contributed by atoms with Gasteiger partial charge in [0.1, 0.15) is 0 Å². The second-order valence-electron chi connectivity index (χ2n) is 5.29. The van der Waals surface area contributed by atoms with Gasteiger partial charge in [-0.1, -0.05) is 0 Å². The molecule has 6 nitrogen and oxygen atoms in total. The lowest BCUT2D eigenvalue weighted by molar-refractivity contribution is -0.122. The fourth-order valence-electron chi connectivity index (χ4n) is 2.54. The Morgan fingerprint density at radius 2 is 2.25 bits per heavy atom. The maximum Gasteiger partial charge on any atom is 0.234 e. The van der Waals surface area contributed by atoms with E-state index in [0.29, 0.717) is 13.1 Å². The minimum atomic E-state index is 0.0808. The maximum atomic E-state index is 11.7. The van der Waals surface area contributed by atoms with Crippen LogP contribution in [0.25, 0.3) is 0 Å². The molecule has 1 aromatic heterocycles. The predicted molar refractivity (Wildman–Crippen MR) is 78.6 cm³/mol. The fraction of sp³-hybridized carbons (Fsp3) is 0.643. The average Bonchev–Trinajstić information content (AvgIpc) is 2.87. The van der Waals surface area contributed by atoms with Gasteiger partial charge in [0.25, 0.3) is 0 Å². The van der Waals surface area contributed by atoms with Crippen LogP contribution in [0.15, 0.2) is 12.1 Å². The number of hydrogen-bond acceptors (Lipinski definition) is 5. The highest BCUT2D eigenvalue weighted by Gasteiger charge is 2.28. The first-order chi connectivity index (χ1) is 9.61. The van der Waals surface area contributed by atoms with Gasteiger partial charge in [0.2, 0.25) is 5.91 Å². The van der Waals surface area contributed by atoms with Crippen LogP contribution in [-0.2, 0) is 4.79 Å². The number of aromatic nitrogens is 2. The molecule has 1 unspecified atom stereocenters. The Kier molecular flexibility index (Phi) is 4.89. The van der Waals surface area contributed by atoms with Crippen molar-refractivity contribution in [1.82, 2.24) is 20.4 Å². The van der Waals surface area contributed by atoms with Gasteiger partial charge >= 0.3 is 0 Å². The summed E-state index contributed by atoms with van der Waals surface area (Å²) >= 11 is 0. The van der Waals surface area contributed by atoms with Crippen molar-refractivity contribution in [3.05, 3.63) is 17.8 Å². The largest absolute Gasteiger partial charge is 0.361 e. The average molecular weight is 277 g/mol. The predicted octanol–water partition coefficient (Wildman–Crippen LogP) is 0.816. The molecule has 2 heterocycles. The summed E-state index contributed by atoms with van der Waals surface area (Å²) in [7, 11) is 3.89. The second-order valence-corrected chi connectivity index (χ2v) is 5.29. The molecule has 2 rings (SSSR count). The van der Waals surface area contributed by atoms with Gasteiger partial charge in [-0.05, 0) is 38.4 Å². The number of nitrogens with one attached hydrogen (secondary N) is 1. The van der Waals surface area contributed by atoms with Crippen molar-refractivity contribution >= 4 is 11.7 Å². The lowest BCUT2D eigenvalue weighted by Crippen LogP contribution is -2.37. The Balaban J connectivity index is 2.04. The molecular formula is C14H23N5O. The van der Waals surface area contributed by atoms with Crippen molar-refractivity contribution in [1.29, 1.82) is 0 Å². The van der Waals surface area contributed by atoms with Crippen molar-refractivity contribution in [2.45, 2.75) is 25.8 Å². The molecule has 6 heteroatoms. The number of likely N-dealkylation sites (tertiary alicyclic amines) is 1. The first-order valence-corrected chi connectivity index (χ1v) is 7.13. The first-order valence-electron chi connectivity index (χ1n) is 7.13. The molecule has 0 radical (unpaired) electrons. The number of amides is 1. The molecule has 1 aliphatic heterocycles. The molecule has 0 bridgehead atoms. The monoisotopic (exact) mass is 277 g/mol. The molecule has 0 aromatic carbocycles. The molecule has 1 aliphatic rings. The summed E-state index contributed by atoms with van der Waals surface area (Å²) in [4.78, 5) is 15.8. The van der Waals surface area contributed by atoms with Crippen LogP contribution in [0.3, 0.4) is 0 Å². The molecule has 1 N–H and O–H groups in total. The van der Waals surface area contributed by atoms with Crippen LogP contribution in [0, 0.1) is 0 Å². The molecule has 1 atom stereocenters. The van der Waals surface area contributed by atoms with Gasteiger partial charge in [-0.3, -0.25) is 9.69 Å². The van der Waals surface area contributed by atoms with Crippen LogP contribution in [0.1, 0.15) is 31.5 Å². The third kappa shape index (κ3) is 3.45. The molecule has 1 aromatic rings. The quantitative estimate of drug-likeness (QED) is 0.863. The summed E-state index contributed by atoms with van der Waals surface area (Å²) in [5, 5.41) is 11.4. The first kappa shape index (κ1) is 14.7. The zero-order chi connectivity index (χ0) is 14.5. The van der Waals surface area contributed by atoms with Gasteiger partial charge in [0.15, 0.2) is 5.82 Å². The minimum absolute atomic E-state index is 0.0808. The zero-order valence-corrected chi connectivity index (χ0v) is 12.5. The summed E-state index contributed by atoms with van der Waals surface area (Å²) in [5.41, 5.74) is 0.956. The smallest absolute Gasteiger partial charge is 0.234 e. The minimum Gasteiger partial charge on any atom is -0.361 e. The van der Waals surface area contributed by atoms with Gasteiger partial charge in [-0.25, -0.2) is 0 Å². The van der Waals surface area contributed by atoms with E-state index in [1.807, 2.05) is 38.1 Å². The van der Waals surface area contributed by atoms with E-state index in [2.05, 4.69) is 20.4 Å². The summed E-state index contributed by atoms with van der Waals surface area (Å²) in [5.74, 6) is 0.930. The second kappa shape index (κ2) is 6.65. The van der Waals surface area contributed by atoms with Crippen LogP contribution in [0.5, 0.6) is 0 Å². The number of carbonyl (C=O) groups is 1. The lowest BCUT2D eigenvalue weighted by atomic mass is 10.1. The van der Waals surface area contributed by atoms with Crippen molar-refractivity contribution in [3.63, 3.8) is 0 Å². The van der Waals surface area contributed by atoms with Crippen molar-refractivity contribution in [3.8, 4) is 0 Å². The van der Waals surface area contributed by atoms with Crippen LogP contribution >= 0.6 is 0 Å². The van der Waals surface area contributed by atoms with Gasteiger partial charge in [0, 0.05) is 20.6 Å². The molecule has 1 saturated heterocycles. The number of likely N-dealkylation sites (N-methyl/N-ethyl adjacent to an activating group) is 1. The van der Waals surface area contributed by atoms with E-state index < -0.39 is 0 Å². The van der Waals surface area contributed by atoms with Gasteiger partial charge < -0.3 is 10.2 Å². The maximum absolute atomic E-state index is 11.7. The van der Waals surface area contributed by atoms with Crippen molar-refractivity contribution in [2.24, 2.45) is 0 Å². The fourth-order valence-corrected chi connectivity index (χ4v) is 2.54. The number of carbonyl (C=O) groups excluding carboxylic acids is 1. The zero-order valence-electron chi connectivity index (χ0n) is 12.5. The van der Waals surface area contributed by atoms with E-state index in [4.69, 9.17) is 0 Å². The number of rotatable bonds is 5. The molecule has 20 heavy (non-hydrogen) atoms. The third-order valence-electron chi connectivity index (χ3n) is 3.56. The summed E-state index contributed by atoms with van der Waals surface area (Å²) in [6.07, 6.45) is 2.14. The van der Waals surface area contributed by atoms with Crippen molar-refractivity contribution in [2.75, 3.05) is 38.6 Å². The highest BCUT2D eigenvalue weighted by Crippen LogP contribution is 2.30.